The van der Waals surface area contributed by atoms with Crippen LogP contribution in [0.2, 0.25) is 0 Å². The normalized spacial score (nSPS) is 8.36. The SMILES string of the molecule is CC.CC.O=C(Nc1ccccc1)C(=O)Nc1ccccc1. The third-order valence-electron chi connectivity index (χ3n) is 2.27. The number of carbonyl (C=O) groups excluding carboxylic acids is 2. The molecule has 0 unspecified atom stereocenters. The molecule has 0 bridgehead atoms. The lowest BCUT2D eigenvalue weighted by Gasteiger charge is -2.05. The van der Waals surface area contributed by atoms with E-state index in [-0.39, 0.29) is 0 Å². The zero-order chi connectivity index (χ0) is 16.8. The van der Waals surface area contributed by atoms with Crippen molar-refractivity contribution >= 4 is 23.2 Å². The number of amides is 2. The third kappa shape index (κ3) is 7.24. The molecule has 0 aromatic heterocycles. The van der Waals surface area contributed by atoms with Crippen molar-refractivity contribution in [1.29, 1.82) is 0 Å². The number of anilines is 2. The summed E-state index contributed by atoms with van der Waals surface area (Å²) in [4.78, 5) is 23.2. The molecule has 0 aliphatic carbocycles. The topological polar surface area (TPSA) is 58.2 Å². The van der Waals surface area contributed by atoms with Crippen molar-refractivity contribution in [2.24, 2.45) is 0 Å². The van der Waals surface area contributed by atoms with Crippen LogP contribution < -0.4 is 10.6 Å². The Balaban J connectivity index is 0.00000102. The smallest absolute Gasteiger partial charge is 0.314 e. The van der Waals surface area contributed by atoms with Gasteiger partial charge in [-0.15, -0.1) is 0 Å². The minimum absolute atomic E-state index is 0.589. The summed E-state index contributed by atoms with van der Waals surface area (Å²) < 4.78 is 0. The molecule has 118 valence electrons. The number of nitrogens with one attached hydrogen (secondary N) is 2. The molecule has 2 N–H and O–H groups in total. The van der Waals surface area contributed by atoms with Gasteiger partial charge < -0.3 is 10.6 Å². The molecule has 0 aliphatic heterocycles. The Hall–Kier alpha value is -2.62. The number of para-hydroxylation sites is 2. The fraction of sp³-hybridized carbons (Fsp3) is 0.222. The fourth-order valence-corrected chi connectivity index (χ4v) is 1.42. The van der Waals surface area contributed by atoms with Crippen LogP contribution in [-0.4, -0.2) is 11.8 Å². The maximum absolute atomic E-state index is 11.6. The van der Waals surface area contributed by atoms with Crippen molar-refractivity contribution in [1.82, 2.24) is 0 Å². The van der Waals surface area contributed by atoms with Gasteiger partial charge in [-0.25, -0.2) is 0 Å². The van der Waals surface area contributed by atoms with E-state index in [1.807, 2.05) is 39.8 Å². The molecule has 0 saturated carbocycles. The van der Waals surface area contributed by atoms with Crippen LogP contribution in [0, 0.1) is 0 Å². The van der Waals surface area contributed by atoms with Crippen molar-refractivity contribution in [3.05, 3.63) is 60.7 Å². The summed E-state index contributed by atoms with van der Waals surface area (Å²) >= 11 is 0. The van der Waals surface area contributed by atoms with E-state index in [9.17, 15) is 9.59 Å². The maximum Gasteiger partial charge on any atom is 0.314 e. The minimum Gasteiger partial charge on any atom is -0.318 e. The Morgan fingerprint density at radius 3 is 1.14 bits per heavy atom. The van der Waals surface area contributed by atoms with Gasteiger partial charge in [-0.2, -0.15) is 0 Å². The van der Waals surface area contributed by atoms with E-state index in [0.717, 1.165) is 0 Å². The summed E-state index contributed by atoms with van der Waals surface area (Å²) in [5, 5.41) is 5.02. The predicted molar refractivity (Wildman–Crippen MR) is 92.8 cm³/mol. The largest absolute Gasteiger partial charge is 0.318 e. The summed E-state index contributed by atoms with van der Waals surface area (Å²) in [5.74, 6) is -1.38. The summed E-state index contributed by atoms with van der Waals surface area (Å²) in [7, 11) is 0. The Kier molecular flexibility index (Phi) is 10.7. The molecule has 4 nitrogen and oxygen atoms in total. The van der Waals surface area contributed by atoms with Crippen LogP contribution in [0.25, 0.3) is 0 Å². The fourth-order valence-electron chi connectivity index (χ4n) is 1.42. The molecule has 2 rings (SSSR count). The van der Waals surface area contributed by atoms with Crippen LogP contribution >= 0.6 is 0 Å². The van der Waals surface area contributed by atoms with Gasteiger partial charge >= 0.3 is 11.8 Å². The molecule has 0 saturated heterocycles. The van der Waals surface area contributed by atoms with Crippen LogP contribution in [0.4, 0.5) is 11.4 Å². The molecular weight excluding hydrogens is 276 g/mol. The number of rotatable bonds is 2. The average Bonchev–Trinajstić information content (AvgIpc) is 2.60. The number of carbonyl (C=O) groups is 2. The molecule has 0 atom stereocenters. The van der Waals surface area contributed by atoms with Gasteiger partial charge in [0.2, 0.25) is 0 Å². The first-order chi connectivity index (χ1) is 10.8. The molecule has 0 heterocycles. The van der Waals surface area contributed by atoms with Crippen molar-refractivity contribution < 1.29 is 9.59 Å². The van der Waals surface area contributed by atoms with E-state index in [0.29, 0.717) is 11.4 Å². The van der Waals surface area contributed by atoms with E-state index in [1.54, 1.807) is 48.5 Å². The Bertz CT molecular complexity index is 488. The lowest BCUT2D eigenvalue weighted by Crippen LogP contribution is -2.28. The van der Waals surface area contributed by atoms with Gasteiger partial charge in [-0.1, -0.05) is 64.1 Å². The highest BCUT2D eigenvalue weighted by Crippen LogP contribution is 2.07. The lowest BCUT2D eigenvalue weighted by atomic mass is 10.3. The summed E-state index contributed by atoms with van der Waals surface area (Å²) in [5.41, 5.74) is 1.18. The van der Waals surface area contributed by atoms with Gasteiger partial charge in [0.05, 0.1) is 0 Å². The van der Waals surface area contributed by atoms with Crippen LogP contribution in [0.1, 0.15) is 27.7 Å². The second-order valence-electron chi connectivity index (χ2n) is 3.64. The predicted octanol–water partition coefficient (Wildman–Crippen LogP) is 4.32. The van der Waals surface area contributed by atoms with Gasteiger partial charge in [0.1, 0.15) is 0 Å². The molecule has 2 aromatic rings. The number of hydrogen-bond donors (Lipinski definition) is 2. The standard InChI is InChI=1S/C14H12N2O2.2C2H6/c17-13(15-11-7-3-1-4-8-11)14(18)16-12-9-5-2-6-10-12;2*1-2/h1-10H,(H,15,17)(H,16,18);2*1-2H3. The zero-order valence-corrected chi connectivity index (χ0v) is 13.6. The lowest BCUT2D eigenvalue weighted by molar-refractivity contribution is -0.132. The molecular formula is C18H24N2O2. The molecule has 0 aliphatic rings. The minimum atomic E-state index is -0.690. The highest BCUT2D eigenvalue weighted by molar-refractivity contribution is 6.43. The average molecular weight is 300 g/mol. The maximum atomic E-state index is 11.6. The summed E-state index contributed by atoms with van der Waals surface area (Å²) in [6.45, 7) is 8.00. The molecule has 4 heteroatoms. The first kappa shape index (κ1) is 19.4. The first-order valence-electron chi connectivity index (χ1n) is 7.48. The Morgan fingerprint density at radius 1 is 0.591 bits per heavy atom. The zero-order valence-electron chi connectivity index (χ0n) is 13.6. The highest BCUT2D eigenvalue weighted by atomic mass is 16.2. The van der Waals surface area contributed by atoms with E-state index in [1.165, 1.54) is 0 Å². The number of hydrogen-bond acceptors (Lipinski definition) is 2. The molecule has 2 aromatic carbocycles. The number of benzene rings is 2. The van der Waals surface area contributed by atoms with E-state index in [4.69, 9.17) is 0 Å². The Labute approximate surface area is 132 Å². The first-order valence-corrected chi connectivity index (χ1v) is 7.48. The summed E-state index contributed by atoms with van der Waals surface area (Å²) in [6.07, 6.45) is 0. The quantitative estimate of drug-likeness (QED) is 0.812. The van der Waals surface area contributed by atoms with Crippen LogP contribution in [0.15, 0.2) is 60.7 Å². The molecule has 2 amide bonds. The van der Waals surface area contributed by atoms with Crippen LogP contribution in [0.3, 0.4) is 0 Å². The second-order valence-corrected chi connectivity index (χ2v) is 3.64. The van der Waals surface area contributed by atoms with Crippen LogP contribution in [-0.2, 0) is 9.59 Å². The van der Waals surface area contributed by atoms with Crippen molar-refractivity contribution in [3.8, 4) is 0 Å². The van der Waals surface area contributed by atoms with Gasteiger partial charge in [0.15, 0.2) is 0 Å². The van der Waals surface area contributed by atoms with Gasteiger partial charge in [0.25, 0.3) is 0 Å². The van der Waals surface area contributed by atoms with Gasteiger partial charge in [-0.05, 0) is 24.3 Å². The van der Waals surface area contributed by atoms with E-state index < -0.39 is 11.8 Å². The van der Waals surface area contributed by atoms with Crippen molar-refractivity contribution in [2.45, 2.75) is 27.7 Å². The molecule has 22 heavy (non-hydrogen) atoms. The molecule has 0 spiro atoms. The second kappa shape index (κ2) is 12.1. The van der Waals surface area contributed by atoms with E-state index in [2.05, 4.69) is 10.6 Å². The highest BCUT2D eigenvalue weighted by Gasteiger charge is 2.13. The third-order valence-corrected chi connectivity index (χ3v) is 2.27. The molecule has 0 fully saturated rings. The van der Waals surface area contributed by atoms with Crippen LogP contribution in [0.5, 0.6) is 0 Å². The monoisotopic (exact) mass is 300 g/mol. The Morgan fingerprint density at radius 2 is 0.864 bits per heavy atom. The van der Waals surface area contributed by atoms with E-state index >= 15 is 0 Å². The van der Waals surface area contributed by atoms with Crippen molar-refractivity contribution in [3.63, 3.8) is 0 Å². The van der Waals surface area contributed by atoms with Gasteiger partial charge in [0, 0.05) is 11.4 Å². The van der Waals surface area contributed by atoms with Crippen molar-refractivity contribution in [2.75, 3.05) is 10.6 Å². The summed E-state index contributed by atoms with van der Waals surface area (Å²) in [6, 6.07) is 17.7. The van der Waals surface area contributed by atoms with Gasteiger partial charge in [-0.3, -0.25) is 9.59 Å². The molecule has 0 radical (unpaired) electrons.